The van der Waals surface area contributed by atoms with E-state index >= 15 is 0 Å². The second-order valence-electron chi connectivity index (χ2n) is 6.55. The minimum Gasteiger partial charge on any atom is -0.459 e. The molecule has 0 bridgehead atoms. The van der Waals surface area contributed by atoms with Crippen LogP contribution in [0.25, 0.3) is 0 Å². The van der Waals surface area contributed by atoms with Crippen LogP contribution >= 0.6 is 0 Å². The Labute approximate surface area is 123 Å². The fraction of sp³-hybridized carbons (Fsp3) is 0.933. The van der Waals surface area contributed by atoms with E-state index < -0.39 is 0 Å². The number of hydrogen-bond acceptors (Lipinski definition) is 5. The summed E-state index contributed by atoms with van der Waals surface area (Å²) in [6.45, 7) is 12.1. The van der Waals surface area contributed by atoms with E-state index in [9.17, 15) is 4.79 Å². The first-order valence-electron chi connectivity index (χ1n) is 7.77. The molecule has 0 saturated carbocycles. The third-order valence-corrected chi connectivity index (χ3v) is 3.42. The van der Waals surface area contributed by atoms with Gasteiger partial charge in [0, 0.05) is 26.2 Å². The molecule has 1 fully saturated rings. The van der Waals surface area contributed by atoms with Crippen LogP contribution in [-0.4, -0.2) is 67.2 Å². The molecule has 0 aromatic carbocycles. The van der Waals surface area contributed by atoms with Crippen molar-refractivity contribution < 1.29 is 9.53 Å². The van der Waals surface area contributed by atoms with Gasteiger partial charge in [-0.1, -0.05) is 6.42 Å². The normalized spacial score (nSPS) is 18.2. The molecule has 0 radical (unpaired) electrons. The van der Waals surface area contributed by atoms with Crippen molar-refractivity contribution in [2.75, 3.05) is 45.8 Å². The monoisotopic (exact) mass is 285 g/mol. The Bertz CT molecular complexity index is 281. The fourth-order valence-corrected chi connectivity index (χ4v) is 2.38. The summed E-state index contributed by atoms with van der Waals surface area (Å²) < 4.78 is 5.35. The van der Waals surface area contributed by atoms with Crippen molar-refractivity contribution in [2.45, 2.75) is 45.6 Å². The SMILES string of the molecule is CC(C)(C)OC(=O)CN1CCN(CCCCCN)CC1. The van der Waals surface area contributed by atoms with Crippen molar-refractivity contribution in [3.05, 3.63) is 0 Å². The van der Waals surface area contributed by atoms with Gasteiger partial charge in [-0.2, -0.15) is 0 Å². The summed E-state index contributed by atoms with van der Waals surface area (Å²) in [5.41, 5.74) is 5.10. The number of unbranched alkanes of at least 4 members (excludes halogenated alkanes) is 2. The van der Waals surface area contributed by atoms with E-state index in [0.29, 0.717) is 6.54 Å². The van der Waals surface area contributed by atoms with E-state index in [2.05, 4.69) is 9.80 Å². The van der Waals surface area contributed by atoms with Gasteiger partial charge in [-0.05, 0) is 46.7 Å². The van der Waals surface area contributed by atoms with E-state index in [-0.39, 0.29) is 11.6 Å². The van der Waals surface area contributed by atoms with E-state index in [1.165, 1.54) is 12.8 Å². The molecule has 1 rings (SSSR count). The molecule has 1 heterocycles. The number of rotatable bonds is 7. The highest BCUT2D eigenvalue weighted by atomic mass is 16.6. The van der Waals surface area contributed by atoms with Gasteiger partial charge in [0.25, 0.3) is 0 Å². The van der Waals surface area contributed by atoms with Crippen LogP contribution in [0.4, 0.5) is 0 Å². The molecule has 2 N–H and O–H groups in total. The molecule has 118 valence electrons. The highest BCUT2D eigenvalue weighted by Crippen LogP contribution is 2.09. The Balaban J connectivity index is 2.14. The summed E-state index contributed by atoms with van der Waals surface area (Å²) in [7, 11) is 0. The zero-order chi connectivity index (χ0) is 15.0. The average molecular weight is 285 g/mol. The van der Waals surface area contributed by atoms with Crippen molar-refractivity contribution in [1.29, 1.82) is 0 Å². The Kier molecular flexibility index (Phi) is 7.48. The third-order valence-electron chi connectivity index (χ3n) is 3.42. The van der Waals surface area contributed by atoms with E-state index in [1.54, 1.807) is 0 Å². The summed E-state index contributed by atoms with van der Waals surface area (Å²) in [5.74, 6) is -0.117. The Morgan fingerprint density at radius 3 is 2.20 bits per heavy atom. The van der Waals surface area contributed by atoms with E-state index in [0.717, 1.165) is 45.7 Å². The van der Waals surface area contributed by atoms with Gasteiger partial charge in [-0.25, -0.2) is 0 Å². The number of piperazine rings is 1. The summed E-state index contributed by atoms with van der Waals surface area (Å²) >= 11 is 0. The predicted molar refractivity (Wildman–Crippen MR) is 81.6 cm³/mol. The minimum atomic E-state index is -0.387. The van der Waals surface area contributed by atoms with Crippen molar-refractivity contribution in [2.24, 2.45) is 5.73 Å². The van der Waals surface area contributed by atoms with E-state index in [1.807, 2.05) is 20.8 Å². The molecule has 0 aliphatic carbocycles. The Morgan fingerprint density at radius 2 is 1.65 bits per heavy atom. The maximum atomic E-state index is 11.8. The molecular weight excluding hydrogens is 254 g/mol. The van der Waals surface area contributed by atoms with Crippen LogP contribution in [0.15, 0.2) is 0 Å². The molecule has 0 aromatic heterocycles. The molecule has 0 amide bonds. The lowest BCUT2D eigenvalue weighted by atomic mass is 10.2. The van der Waals surface area contributed by atoms with E-state index in [4.69, 9.17) is 10.5 Å². The third kappa shape index (κ3) is 7.82. The molecular formula is C15H31N3O2. The van der Waals surface area contributed by atoms with Gasteiger partial charge >= 0.3 is 5.97 Å². The molecule has 20 heavy (non-hydrogen) atoms. The maximum Gasteiger partial charge on any atom is 0.320 e. The first-order chi connectivity index (χ1) is 9.40. The van der Waals surface area contributed by atoms with Gasteiger partial charge in [-0.3, -0.25) is 9.69 Å². The Hall–Kier alpha value is -0.650. The highest BCUT2D eigenvalue weighted by molar-refractivity contribution is 5.72. The van der Waals surface area contributed by atoms with Crippen LogP contribution in [0, 0.1) is 0 Å². The van der Waals surface area contributed by atoms with Crippen molar-refractivity contribution >= 4 is 5.97 Å². The topological polar surface area (TPSA) is 58.8 Å². The van der Waals surface area contributed by atoms with Crippen LogP contribution in [0.2, 0.25) is 0 Å². The van der Waals surface area contributed by atoms with Crippen LogP contribution < -0.4 is 5.73 Å². The van der Waals surface area contributed by atoms with Crippen LogP contribution in [0.3, 0.4) is 0 Å². The number of nitrogens with two attached hydrogens (primary N) is 1. The summed E-state index contributed by atoms with van der Waals surface area (Å²) in [6, 6.07) is 0. The molecule has 1 aliphatic rings. The number of hydrogen-bond donors (Lipinski definition) is 1. The van der Waals surface area contributed by atoms with Crippen molar-refractivity contribution in [3.63, 3.8) is 0 Å². The Morgan fingerprint density at radius 1 is 1.05 bits per heavy atom. The molecule has 0 atom stereocenters. The second-order valence-corrected chi connectivity index (χ2v) is 6.55. The van der Waals surface area contributed by atoms with Gasteiger partial charge in [0.05, 0.1) is 6.54 Å². The number of nitrogens with zero attached hydrogens (tertiary/aromatic N) is 2. The van der Waals surface area contributed by atoms with Gasteiger partial charge < -0.3 is 15.4 Å². The van der Waals surface area contributed by atoms with Gasteiger partial charge in [0.1, 0.15) is 5.60 Å². The molecule has 5 heteroatoms. The van der Waals surface area contributed by atoms with Gasteiger partial charge in [0.15, 0.2) is 0 Å². The zero-order valence-corrected chi connectivity index (χ0v) is 13.4. The average Bonchev–Trinajstić information content (AvgIpc) is 2.34. The lowest BCUT2D eigenvalue weighted by Gasteiger charge is -2.34. The smallest absolute Gasteiger partial charge is 0.320 e. The quantitative estimate of drug-likeness (QED) is 0.560. The minimum absolute atomic E-state index is 0.117. The molecule has 1 aliphatic heterocycles. The summed E-state index contributed by atoms with van der Waals surface area (Å²) in [4.78, 5) is 16.4. The molecule has 1 saturated heterocycles. The summed E-state index contributed by atoms with van der Waals surface area (Å²) in [5, 5.41) is 0. The highest BCUT2D eigenvalue weighted by Gasteiger charge is 2.22. The second kappa shape index (κ2) is 8.60. The summed E-state index contributed by atoms with van der Waals surface area (Å²) in [6.07, 6.45) is 3.57. The lowest BCUT2D eigenvalue weighted by Crippen LogP contribution is -2.48. The number of ether oxygens (including phenoxy) is 1. The standard InChI is InChI=1S/C15H31N3O2/c1-15(2,3)20-14(19)13-18-11-9-17(10-12-18)8-6-4-5-7-16/h4-13,16H2,1-3H3. The first kappa shape index (κ1) is 17.4. The van der Waals surface area contributed by atoms with Gasteiger partial charge in [0.2, 0.25) is 0 Å². The van der Waals surface area contributed by atoms with Crippen molar-refractivity contribution in [3.8, 4) is 0 Å². The van der Waals surface area contributed by atoms with Crippen LogP contribution in [-0.2, 0) is 9.53 Å². The molecule has 0 unspecified atom stereocenters. The van der Waals surface area contributed by atoms with Crippen molar-refractivity contribution in [1.82, 2.24) is 9.80 Å². The number of carbonyl (C=O) groups excluding carboxylic acids is 1. The largest absolute Gasteiger partial charge is 0.459 e. The first-order valence-corrected chi connectivity index (χ1v) is 7.77. The number of carbonyl (C=O) groups is 1. The fourth-order valence-electron chi connectivity index (χ4n) is 2.38. The lowest BCUT2D eigenvalue weighted by molar-refractivity contribution is -0.156. The number of esters is 1. The molecule has 5 nitrogen and oxygen atoms in total. The zero-order valence-electron chi connectivity index (χ0n) is 13.4. The molecule has 0 spiro atoms. The van der Waals surface area contributed by atoms with Crippen LogP contribution in [0.1, 0.15) is 40.0 Å². The predicted octanol–water partition coefficient (Wildman–Crippen LogP) is 1.07. The van der Waals surface area contributed by atoms with Gasteiger partial charge in [-0.15, -0.1) is 0 Å². The molecule has 0 aromatic rings. The van der Waals surface area contributed by atoms with Crippen LogP contribution in [0.5, 0.6) is 0 Å². The maximum absolute atomic E-state index is 11.8.